The maximum atomic E-state index is 9.10. The number of nitriles is 1. The molecule has 0 radical (unpaired) electrons. The Labute approximate surface area is 150 Å². The summed E-state index contributed by atoms with van der Waals surface area (Å²) in [5.41, 5.74) is 1.97. The highest BCUT2D eigenvalue weighted by atomic mass is 35.5. The topological polar surface area (TPSA) is 54.5 Å². The highest BCUT2D eigenvalue weighted by Crippen LogP contribution is 2.31. The van der Waals surface area contributed by atoms with Crippen LogP contribution in [0.2, 0.25) is 5.02 Å². The van der Waals surface area contributed by atoms with Gasteiger partial charge in [-0.15, -0.1) is 10.2 Å². The van der Waals surface area contributed by atoms with Gasteiger partial charge in [-0.25, -0.2) is 0 Å². The molecule has 0 aliphatic heterocycles. The van der Waals surface area contributed by atoms with Crippen LogP contribution in [0.4, 0.5) is 0 Å². The van der Waals surface area contributed by atoms with Gasteiger partial charge >= 0.3 is 0 Å². The second kappa shape index (κ2) is 7.52. The Balaban J connectivity index is 2.06. The molecule has 0 bridgehead atoms. The van der Waals surface area contributed by atoms with Gasteiger partial charge < -0.3 is 0 Å². The van der Waals surface area contributed by atoms with Gasteiger partial charge in [-0.1, -0.05) is 65.8 Å². The van der Waals surface area contributed by atoms with Crippen LogP contribution in [-0.2, 0) is 6.54 Å². The van der Waals surface area contributed by atoms with E-state index in [1.54, 1.807) is 0 Å². The van der Waals surface area contributed by atoms with Crippen molar-refractivity contribution < 1.29 is 0 Å². The summed E-state index contributed by atoms with van der Waals surface area (Å²) in [6.45, 7) is 2.47. The number of hydrogen-bond donors (Lipinski definition) is 0. The molecule has 1 unspecified atom stereocenters. The van der Waals surface area contributed by atoms with E-state index < -0.39 is 0 Å². The summed E-state index contributed by atoms with van der Waals surface area (Å²) in [6.07, 6.45) is 0. The molecule has 0 aliphatic carbocycles. The maximum Gasteiger partial charge on any atom is 0.193 e. The van der Waals surface area contributed by atoms with Crippen LogP contribution in [0.1, 0.15) is 12.5 Å². The molecule has 0 spiro atoms. The first-order valence-corrected chi connectivity index (χ1v) is 8.73. The Morgan fingerprint density at radius 2 is 1.83 bits per heavy atom. The number of aromatic nitrogens is 3. The van der Waals surface area contributed by atoms with Gasteiger partial charge in [0.2, 0.25) is 0 Å². The third kappa shape index (κ3) is 3.61. The van der Waals surface area contributed by atoms with E-state index in [1.807, 2.05) is 54.0 Å². The Bertz CT molecular complexity index is 870. The summed E-state index contributed by atoms with van der Waals surface area (Å²) in [5.74, 6) is 0.706. The zero-order valence-corrected chi connectivity index (χ0v) is 14.6. The fourth-order valence-electron chi connectivity index (χ4n) is 2.31. The van der Waals surface area contributed by atoms with Gasteiger partial charge in [0.25, 0.3) is 0 Å². The van der Waals surface area contributed by atoms with Gasteiger partial charge in [0, 0.05) is 5.56 Å². The van der Waals surface area contributed by atoms with Crippen molar-refractivity contribution in [2.24, 2.45) is 0 Å². The first-order chi connectivity index (χ1) is 11.7. The van der Waals surface area contributed by atoms with Gasteiger partial charge in [-0.3, -0.25) is 4.57 Å². The molecule has 1 atom stereocenters. The number of halogens is 1. The third-order valence-electron chi connectivity index (χ3n) is 3.48. The summed E-state index contributed by atoms with van der Waals surface area (Å²) in [4.78, 5) is 0. The lowest BCUT2D eigenvalue weighted by molar-refractivity contribution is 0.714. The standard InChI is InChI=1S/C18H15ClN4S/c1-13(11-20)24-18-22-21-17(15-9-5-6-10-16(15)19)23(18)12-14-7-3-2-4-8-14/h2-10,13H,12H2,1H3. The van der Waals surface area contributed by atoms with Crippen molar-refractivity contribution in [3.63, 3.8) is 0 Å². The predicted octanol–water partition coefficient (Wildman–Crippen LogP) is 4.65. The normalized spacial score (nSPS) is 11.9. The van der Waals surface area contributed by atoms with E-state index >= 15 is 0 Å². The van der Waals surface area contributed by atoms with Gasteiger partial charge in [-0.05, 0) is 24.6 Å². The lowest BCUT2D eigenvalue weighted by atomic mass is 10.2. The second-order valence-electron chi connectivity index (χ2n) is 5.25. The summed E-state index contributed by atoms with van der Waals surface area (Å²) in [5, 5.41) is 18.8. The van der Waals surface area contributed by atoms with Crippen molar-refractivity contribution in [3.05, 3.63) is 65.2 Å². The van der Waals surface area contributed by atoms with E-state index in [2.05, 4.69) is 28.4 Å². The molecular weight excluding hydrogens is 340 g/mol. The highest BCUT2D eigenvalue weighted by Gasteiger charge is 2.18. The van der Waals surface area contributed by atoms with Gasteiger partial charge in [0.1, 0.15) is 0 Å². The van der Waals surface area contributed by atoms with E-state index in [9.17, 15) is 0 Å². The third-order valence-corrected chi connectivity index (χ3v) is 4.78. The van der Waals surface area contributed by atoms with Crippen LogP contribution in [0, 0.1) is 11.3 Å². The minimum atomic E-state index is -0.206. The number of nitrogens with zero attached hydrogens (tertiary/aromatic N) is 4. The fourth-order valence-corrected chi connectivity index (χ4v) is 3.27. The molecule has 1 heterocycles. The number of rotatable bonds is 5. The van der Waals surface area contributed by atoms with Crippen molar-refractivity contribution >= 4 is 23.4 Å². The monoisotopic (exact) mass is 354 g/mol. The smallest absolute Gasteiger partial charge is 0.193 e. The minimum absolute atomic E-state index is 0.206. The SMILES string of the molecule is CC(C#N)Sc1nnc(-c2ccccc2Cl)n1Cc1ccccc1. The van der Waals surface area contributed by atoms with Gasteiger partial charge in [-0.2, -0.15) is 5.26 Å². The Morgan fingerprint density at radius 3 is 2.54 bits per heavy atom. The average Bonchev–Trinajstić information content (AvgIpc) is 2.98. The number of hydrogen-bond acceptors (Lipinski definition) is 4. The fraction of sp³-hybridized carbons (Fsp3) is 0.167. The van der Waals surface area contributed by atoms with Crippen LogP contribution in [0.25, 0.3) is 11.4 Å². The highest BCUT2D eigenvalue weighted by molar-refractivity contribution is 8.00. The molecule has 6 heteroatoms. The molecular formula is C18H15ClN4S. The van der Waals surface area contributed by atoms with Crippen LogP contribution in [0.3, 0.4) is 0 Å². The van der Waals surface area contributed by atoms with Gasteiger partial charge in [0.05, 0.1) is 22.9 Å². The van der Waals surface area contributed by atoms with Crippen LogP contribution in [0.15, 0.2) is 59.8 Å². The quantitative estimate of drug-likeness (QED) is 0.626. The lowest BCUT2D eigenvalue weighted by Gasteiger charge is -2.11. The van der Waals surface area contributed by atoms with Crippen molar-refractivity contribution in [2.45, 2.75) is 23.9 Å². The molecule has 120 valence electrons. The summed E-state index contributed by atoms with van der Waals surface area (Å²) < 4.78 is 2.01. The zero-order valence-electron chi connectivity index (χ0n) is 13.1. The minimum Gasteiger partial charge on any atom is -0.297 e. The first-order valence-electron chi connectivity index (χ1n) is 7.47. The number of benzene rings is 2. The second-order valence-corrected chi connectivity index (χ2v) is 6.96. The molecule has 24 heavy (non-hydrogen) atoms. The van der Waals surface area contributed by atoms with Crippen molar-refractivity contribution in [1.29, 1.82) is 5.26 Å². The van der Waals surface area contributed by atoms with Crippen LogP contribution in [0.5, 0.6) is 0 Å². The molecule has 0 amide bonds. The summed E-state index contributed by atoms with van der Waals surface area (Å²) in [7, 11) is 0. The predicted molar refractivity (Wildman–Crippen MR) is 96.9 cm³/mol. The molecule has 0 aliphatic rings. The Kier molecular flexibility index (Phi) is 5.19. The molecule has 0 N–H and O–H groups in total. The van der Waals surface area contributed by atoms with Crippen molar-refractivity contribution in [2.75, 3.05) is 0 Å². The van der Waals surface area contributed by atoms with Crippen molar-refractivity contribution in [3.8, 4) is 17.5 Å². The average molecular weight is 355 g/mol. The molecule has 2 aromatic carbocycles. The van der Waals surface area contributed by atoms with Crippen LogP contribution < -0.4 is 0 Å². The Hall–Kier alpha value is -2.29. The van der Waals surface area contributed by atoms with E-state index in [0.29, 0.717) is 22.5 Å². The summed E-state index contributed by atoms with van der Waals surface area (Å²) >= 11 is 7.73. The molecule has 4 nitrogen and oxygen atoms in total. The van der Waals surface area contributed by atoms with Gasteiger partial charge in [0.15, 0.2) is 11.0 Å². The zero-order chi connectivity index (χ0) is 16.9. The van der Waals surface area contributed by atoms with E-state index in [4.69, 9.17) is 16.9 Å². The van der Waals surface area contributed by atoms with Crippen LogP contribution in [-0.4, -0.2) is 20.0 Å². The Morgan fingerprint density at radius 1 is 1.12 bits per heavy atom. The largest absolute Gasteiger partial charge is 0.297 e. The molecule has 3 rings (SSSR count). The molecule has 0 saturated carbocycles. The molecule has 3 aromatic rings. The molecule has 0 saturated heterocycles. The number of thioether (sulfide) groups is 1. The van der Waals surface area contributed by atoms with E-state index in [0.717, 1.165) is 11.1 Å². The molecule has 0 fully saturated rings. The maximum absolute atomic E-state index is 9.10. The van der Waals surface area contributed by atoms with E-state index in [1.165, 1.54) is 11.8 Å². The molecule has 1 aromatic heterocycles. The first kappa shape index (κ1) is 16.6. The van der Waals surface area contributed by atoms with E-state index in [-0.39, 0.29) is 5.25 Å². The summed E-state index contributed by atoms with van der Waals surface area (Å²) in [6, 6.07) is 19.9. The lowest BCUT2D eigenvalue weighted by Crippen LogP contribution is -2.05. The van der Waals surface area contributed by atoms with Crippen molar-refractivity contribution in [1.82, 2.24) is 14.8 Å². The van der Waals surface area contributed by atoms with Crippen LogP contribution >= 0.6 is 23.4 Å².